The number of rotatable bonds is 2. The van der Waals surface area contributed by atoms with Crippen molar-refractivity contribution in [3.05, 3.63) is 74.4 Å². The van der Waals surface area contributed by atoms with Crippen molar-refractivity contribution in [3.8, 4) is 12.3 Å². The number of para-hydroxylation sites is 1. The number of hydrogen-bond donors (Lipinski definition) is 0. The van der Waals surface area contributed by atoms with E-state index in [1.807, 2.05) is 24.5 Å². The van der Waals surface area contributed by atoms with E-state index in [9.17, 15) is 9.59 Å². The highest BCUT2D eigenvalue weighted by Crippen LogP contribution is 2.23. The van der Waals surface area contributed by atoms with Gasteiger partial charge in [-0.05, 0) is 43.2 Å². The number of carbonyl (C=O) groups is 1. The van der Waals surface area contributed by atoms with Crippen LogP contribution in [0.15, 0.2) is 56.9 Å². The van der Waals surface area contributed by atoms with Crippen LogP contribution in [0, 0.1) is 26.2 Å². The first kappa shape index (κ1) is 18.0. The predicted molar refractivity (Wildman–Crippen MR) is 110 cm³/mol. The van der Waals surface area contributed by atoms with Gasteiger partial charge in [0.05, 0.1) is 22.1 Å². The summed E-state index contributed by atoms with van der Waals surface area (Å²) in [6, 6.07) is 10.9. The van der Waals surface area contributed by atoms with Gasteiger partial charge in [0.2, 0.25) is 5.43 Å². The van der Waals surface area contributed by atoms with E-state index in [1.54, 1.807) is 24.3 Å². The summed E-state index contributed by atoms with van der Waals surface area (Å²) >= 11 is 1.38. The van der Waals surface area contributed by atoms with E-state index in [4.69, 9.17) is 10.8 Å². The molecule has 0 saturated carbocycles. The molecule has 0 aliphatic heterocycles. The summed E-state index contributed by atoms with van der Waals surface area (Å²) in [5, 5.41) is 0.350. The highest BCUT2D eigenvalue weighted by Gasteiger charge is 2.15. The highest BCUT2D eigenvalue weighted by molar-refractivity contribution is 7.16. The molecule has 0 aliphatic carbocycles. The number of benzene rings is 2. The molecule has 0 fully saturated rings. The first-order valence-electron chi connectivity index (χ1n) is 8.63. The molecule has 0 atom stereocenters. The summed E-state index contributed by atoms with van der Waals surface area (Å²) in [7, 11) is 0. The van der Waals surface area contributed by atoms with Gasteiger partial charge in [0.25, 0.3) is 5.91 Å². The van der Waals surface area contributed by atoms with Gasteiger partial charge in [-0.25, -0.2) is 0 Å². The van der Waals surface area contributed by atoms with E-state index in [1.165, 1.54) is 17.6 Å². The Balaban J connectivity index is 1.93. The Kier molecular flexibility index (Phi) is 4.46. The molecule has 4 aromatic rings. The number of hydrogen-bond acceptors (Lipinski definition) is 4. The topological polar surface area (TPSA) is 64.6 Å². The molecule has 6 heteroatoms. The van der Waals surface area contributed by atoms with Gasteiger partial charge in [0.15, 0.2) is 4.80 Å². The number of carbonyl (C=O) groups excluding carboxylic acids is 1. The zero-order valence-corrected chi connectivity index (χ0v) is 16.2. The van der Waals surface area contributed by atoms with Crippen molar-refractivity contribution in [2.24, 2.45) is 4.99 Å². The van der Waals surface area contributed by atoms with Crippen molar-refractivity contribution >= 4 is 38.4 Å². The van der Waals surface area contributed by atoms with Crippen LogP contribution in [0.3, 0.4) is 0 Å². The number of fused-ring (bicyclic) bond motifs is 2. The Bertz CT molecular complexity index is 1410. The molecule has 5 nitrogen and oxygen atoms in total. The minimum Gasteiger partial charge on any atom is -0.463 e. The Morgan fingerprint density at radius 2 is 2.07 bits per heavy atom. The van der Waals surface area contributed by atoms with Crippen molar-refractivity contribution in [1.82, 2.24) is 4.57 Å². The Labute approximate surface area is 164 Å². The van der Waals surface area contributed by atoms with Crippen molar-refractivity contribution in [2.45, 2.75) is 20.4 Å². The van der Waals surface area contributed by atoms with Gasteiger partial charge in [0, 0.05) is 0 Å². The molecule has 4 rings (SSSR count). The number of terminal acetylenes is 1. The number of thiazole rings is 1. The first-order chi connectivity index (χ1) is 13.5. The van der Waals surface area contributed by atoms with Gasteiger partial charge in [0.1, 0.15) is 17.4 Å². The second-order valence-electron chi connectivity index (χ2n) is 6.50. The standard InChI is InChI=1S/C22H16N2O3S/c1-4-9-24-17-11-13(2)10-14(3)20(17)28-22(24)23-21(26)16-12-27-18-8-6-5-7-15(18)19(16)25/h1,5-8,10-12H,9H2,2-3H3. The number of amides is 1. The lowest BCUT2D eigenvalue weighted by Gasteiger charge is -2.03. The van der Waals surface area contributed by atoms with Gasteiger partial charge in [-0.3, -0.25) is 9.59 Å². The Morgan fingerprint density at radius 3 is 2.86 bits per heavy atom. The summed E-state index contributed by atoms with van der Waals surface area (Å²) in [6.07, 6.45) is 6.70. The minimum atomic E-state index is -0.647. The van der Waals surface area contributed by atoms with Crippen molar-refractivity contribution in [1.29, 1.82) is 0 Å². The van der Waals surface area contributed by atoms with Crippen LogP contribution >= 0.6 is 11.3 Å². The molecule has 0 bridgehead atoms. The molecule has 2 heterocycles. The average Bonchev–Trinajstić information content (AvgIpc) is 3.00. The van der Waals surface area contributed by atoms with Crippen molar-refractivity contribution in [3.63, 3.8) is 0 Å². The van der Waals surface area contributed by atoms with E-state index in [2.05, 4.69) is 17.0 Å². The normalized spacial score (nSPS) is 11.8. The van der Waals surface area contributed by atoms with E-state index in [0.717, 1.165) is 21.3 Å². The molecular formula is C22H16N2O3S. The fourth-order valence-electron chi connectivity index (χ4n) is 3.21. The lowest BCUT2D eigenvalue weighted by atomic mass is 10.1. The van der Waals surface area contributed by atoms with E-state index >= 15 is 0 Å². The van der Waals surface area contributed by atoms with Crippen molar-refractivity contribution in [2.75, 3.05) is 0 Å². The monoisotopic (exact) mass is 388 g/mol. The van der Waals surface area contributed by atoms with Crippen LogP contribution in [-0.4, -0.2) is 10.5 Å². The second-order valence-corrected chi connectivity index (χ2v) is 7.47. The van der Waals surface area contributed by atoms with Crippen LogP contribution in [0.2, 0.25) is 0 Å². The Hall–Kier alpha value is -3.43. The third-order valence-electron chi connectivity index (χ3n) is 4.47. The third kappa shape index (κ3) is 2.96. The van der Waals surface area contributed by atoms with Crippen LogP contribution in [0.1, 0.15) is 21.5 Å². The lowest BCUT2D eigenvalue weighted by molar-refractivity contribution is 0.0995. The van der Waals surface area contributed by atoms with Crippen LogP contribution < -0.4 is 10.2 Å². The van der Waals surface area contributed by atoms with E-state index in [-0.39, 0.29) is 12.1 Å². The molecule has 138 valence electrons. The van der Waals surface area contributed by atoms with Gasteiger partial charge in [-0.15, -0.1) is 6.42 Å². The van der Waals surface area contributed by atoms with Crippen LogP contribution in [-0.2, 0) is 6.54 Å². The molecule has 0 unspecified atom stereocenters. The third-order valence-corrected chi connectivity index (χ3v) is 5.70. The molecule has 28 heavy (non-hydrogen) atoms. The van der Waals surface area contributed by atoms with E-state index in [0.29, 0.717) is 15.8 Å². The van der Waals surface area contributed by atoms with Gasteiger partial charge >= 0.3 is 0 Å². The predicted octanol–water partition coefficient (Wildman–Crippen LogP) is 3.80. The molecular weight excluding hydrogens is 372 g/mol. The zero-order chi connectivity index (χ0) is 19.8. The molecule has 0 spiro atoms. The quantitative estimate of drug-likeness (QED) is 0.491. The SMILES string of the molecule is C#CCn1c(=NC(=O)c2coc3ccccc3c2=O)sc2c(C)cc(C)cc21. The number of aromatic nitrogens is 1. The number of aryl methyl sites for hydroxylation is 2. The van der Waals surface area contributed by atoms with Crippen LogP contribution in [0.4, 0.5) is 0 Å². The van der Waals surface area contributed by atoms with Gasteiger partial charge < -0.3 is 8.98 Å². The largest absolute Gasteiger partial charge is 0.463 e. The van der Waals surface area contributed by atoms with Gasteiger partial charge in [-0.1, -0.05) is 35.5 Å². The highest BCUT2D eigenvalue weighted by atomic mass is 32.1. The van der Waals surface area contributed by atoms with Crippen molar-refractivity contribution < 1.29 is 9.21 Å². The van der Waals surface area contributed by atoms with Crippen LogP contribution in [0.25, 0.3) is 21.2 Å². The van der Waals surface area contributed by atoms with Gasteiger partial charge in [-0.2, -0.15) is 4.99 Å². The maximum absolute atomic E-state index is 12.8. The molecule has 1 amide bonds. The molecule has 0 radical (unpaired) electrons. The fourth-order valence-corrected chi connectivity index (χ4v) is 4.29. The maximum Gasteiger partial charge on any atom is 0.286 e. The smallest absolute Gasteiger partial charge is 0.286 e. The number of nitrogens with zero attached hydrogens (tertiary/aromatic N) is 2. The van der Waals surface area contributed by atoms with E-state index < -0.39 is 11.3 Å². The minimum absolute atomic E-state index is 0.101. The summed E-state index contributed by atoms with van der Waals surface area (Å²) < 4.78 is 8.27. The average molecular weight is 388 g/mol. The molecule has 0 N–H and O–H groups in total. The molecule has 2 aromatic heterocycles. The lowest BCUT2D eigenvalue weighted by Crippen LogP contribution is -2.19. The molecule has 0 saturated heterocycles. The summed E-state index contributed by atoms with van der Waals surface area (Å²) in [5.41, 5.74) is 3.05. The first-order valence-corrected chi connectivity index (χ1v) is 9.45. The molecule has 0 aliphatic rings. The van der Waals surface area contributed by atoms with Crippen LogP contribution in [0.5, 0.6) is 0 Å². The summed E-state index contributed by atoms with van der Waals surface area (Å²) in [6.45, 7) is 4.30. The fraction of sp³-hybridized carbons (Fsp3) is 0.136. The molecule has 2 aromatic carbocycles. The maximum atomic E-state index is 12.8. The Morgan fingerprint density at radius 1 is 1.29 bits per heavy atom. The second kappa shape index (κ2) is 6.95. The zero-order valence-electron chi connectivity index (χ0n) is 15.4. The summed E-state index contributed by atoms with van der Waals surface area (Å²) in [4.78, 5) is 30.1. The summed E-state index contributed by atoms with van der Waals surface area (Å²) in [5.74, 6) is 1.96.